The van der Waals surface area contributed by atoms with E-state index in [1.807, 2.05) is 30.3 Å². The minimum atomic E-state index is -1.38. The van der Waals surface area contributed by atoms with Gasteiger partial charge in [-0.3, -0.25) is 19.1 Å². The Bertz CT molecular complexity index is 802. The fourth-order valence-electron chi connectivity index (χ4n) is 4.10. The van der Waals surface area contributed by atoms with Crippen molar-refractivity contribution in [1.82, 2.24) is 10.2 Å². The lowest BCUT2D eigenvalue weighted by Crippen LogP contribution is -2.55. The quantitative estimate of drug-likeness (QED) is 0.586. The average molecular weight is 437 g/mol. The number of esters is 1. The number of carboxylic acid groups (broad SMARTS) is 1. The predicted molar refractivity (Wildman–Crippen MR) is 111 cm³/mol. The maximum atomic E-state index is 13.2. The number of carboxylic acids is 1. The van der Waals surface area contributed by atoms with E-state index in [4.69, 9.17) is 4.74 Å². The van der Waals surface area contributed by atoms with Crippen LogP contribution in [-0.2, 0) is 36.3 Å². The molecule has 5 atom stereocenters. The van der Waals surface area contributed by atoms with Gasteiger partial charge in [-0.25, -0.2) is 4.79 Å². The summed E-state index contributed by atoms with van der Waals surface area (Å²) < 4.78 is 17.6. The summed E-state index contributed by atoms with van der Waals surface area (Å²) in [4.78, 5) is 38.6. The van der Waals surface area contributed by atoms with E-state index >= 15 is 0 Å². The van der Waals surface area contributed by atoms with Crippen molar-refractivity contribution in [1.29, 1.82) is 0 Å². The van der Waals surface area contributed by atoms with Crippen LogP contribution in [0.15, 0.2) is 30.3 Å². The summed E-state index contributed by atoms with van der Waals surface area (Å²) in [6, 6.07) is 7.23. The first-order valence-electron chi connectivity index (χ1n) is 10.3. The molecule has 2 fully saturated rings. The summed E-state index contributed by atoms with van der Waals surface area (Å²) in [6.07, 6.45) is 2.65. The van der Waals surface area contributed by atoms with Gasteiger partial charge in [-0.1, -0.05) is 30.3 Å². The Morgan fingerprint density at radius 3 is 2.70 bits per heavy atom. The number of ether oxygens (including phenoxy) is 1. The molecule has 30 heavy (non-hydrogen) atoms. The third-order valence-electron chi connectivity index (χ3n) is 5.59. The second kappa shape index (κ2) is 10.2. The number of carbonyl (C=O) groups is 3. The fourth-order valence-corrected chi connectivity index (χ4v) is 5.87. The number of aliphatic carboxylic acids is 1. The van der Waals surface area contributed by atoms with E-state index in [1.54, 1.807) is 6.92 Å². The SMILES string of the molecule is CCOC(=O)C(CCc1ccccc1)N[C@H]1CCC[C@@H]2N(C1=O)[C@H](C(=O)O)C[S@@]2=O. The van der Waals surface area contributed by atoms with E-state index in [0.717, 1.165) is 5.56 Å². The van der Waals surface area contributed by atoms with Crippen molar-refractivity contribution in [3.63, 3.8) is 0 Å². The topological polar surface area (TPSA) is 113 Å². The van der Waals surface area contributed by atoms with E-state index in [0.29, 0.717) is 32.1 Å². The van der Waals surface area contributed by atoms with Gasteiger partial charge in [-0.15, -0.1) is 0 Å². The van der Waals surface area contributed by atoms with E-state index in [2.05, 4.69) is 5.32 Å². The van der Waals surface area contributed by atoms with Crippen molar-refractivity contribution in [3.8, 4) is 0 Å². The lowest BCUT2D eigenvalue weighted by Gasteiger charge is -2.29. The van der Waals surface area contributed by atoms with Gasteiger partial charge in [0.1, 0.15) is 17.5 Å². The smallest absolute Gasteiger partial charge is 0.327 e. The predicted octanol–water partition coefficient (Wildman–Crippen LogP) is 1.06. The van der Waals surface area contributed by atoms with Crippen LogP contribution in [0.1, 0.15) is 38.2 Å². The summed E-state index contributed by atoms with van der Waals surface area (Å²) >= 11 is 0. The molecule has 0 aromatic heterocycles. The molecule has 0 bridgehead atoms. The molecule has 1 aromatic rings. The van der Waals surface area contributed by atoms with Crippen LogP contribution >= 0.6 is 0 Å². The van der Waals surface area contributed by atoms with Gasteiger partial charge in [0.05, 0.1) is 18.4 Å². The van der Waals surface area contributed by atoms with Crippen LogP contribution in [0, 0.1) is 0 Å². The Kier molecular flexibility index (Phi) is 7.60. The van der Waals surface area contributed by atoms with Gasteiger partial charge in [0.25, 0.3) is 0 Å². The molecule has 2 N–H and O–H groups in total. The highest BCUT2D eigenvalue weighted by Crippen LogP contribution is 2.29. The van der Waals surface area contributed by atoms with E-state index in [9.17, 15) is 23.7 Å². The summed E-state index contributed by atoms with van der Waals surface area (Å²) in [5.74, 6) is -2.02. The monoisotopic (exact) mass is 436 g/mol. The molecular formula is C21H28N2O6S. The molecule has 2 aliphatic heterocycles. The number of benzene rings is 1. The molecule has 9 heteroatoms. The van der Waals surface area contributed by atoms with E-state index in [-0.39, 0.29) is 12.4 Å². The van der Waals surface area contributed by atoms with Crippen LogP contribution in [0.3, 0.4) is 0 Å². The molecule has 1 amide bonds. The number of hydrogen-bond acceptors (Lipinski definition) is 6. The molecule has 0 saturated carbocycles. The number of aryl methyl sites for hydroxylation is 1. The van der Waals surface area contributed by atoms with Gasteiger partial charge in [-0.2, -0.15) is 0 Å². The standard InChI is InChI=1S/C21H28N2O6S/c1-2-29-21(27)16(12-11-14-7-4-3-5-8-14)22-15-9-6-10-18-23(19(15)24)17(20(25)26)13-30(18)28/h3-5,7-8,15-18,22H,2,6,9-13H2,1H3,(H,25,26)/t15-,16?,17-,18+,30-/m0/s1. The Morgan fingerprint density at radius 2 is 2.03 bits per heavy atom. The number of amides is 1. The van der Waals surface area contributed by atoms with Gasteiger partial charge in [0.2, 0.25) is 5.91 Å². The number of rotatable bonds is 8. The summed E-state index contributed by atoms with van der Waals surface area (Å²) in [5.41, 5.74) is 1.07. The Morgan fingerprint density at radius 1 is 1.30 bits per heavy atom. The van der Waals surface area contributed by atoms with Gasteiger partial charge in [-0.05, 0) is 44.6 Å². The van der Waals surface area contributed by atoms with Gasteiger partial charge in [0.15, 0.2) is 0 Å². The van der Waals surface area contributed by atoms with Crippen molar-refractivity contribution in [2.75, 3.05) is 12.4 Å². The zero-order valence-corrected chi connectivity index (χ0v) is 17.8. The zero-order valence-electron chi connectivity index (χ0n) is 17.0. The highest BCUT2D eigenvalue weighted by atomic mass is 32.2. The van der Waals surface area contributed by atoms with Gasteiger partial charge >= 0.3 is 11.9 Å². The molecule has 2 saturated heterocycles. The van der Waals surface area contributed by atoms with Crippen LogP contribution in [0.2, 0.25) is 0 Å². The van der Waals surface area contributed by atoms with Crippen LogP contribution in [0.4, 0.5) is 0 Å². The van der Waals surface area contributed by atoms with Crippen molar-refractivity contribution < 1.29 is 28.4 Å². The van der Waals surface area contributed by atoms with Gasteiger partial charge in [0, 0.05) is 10.8 Å². The minimum Gasteiger partial charge on any atom is -0.480 e. The lowest BCUT2D eigenvalue weighted by atomic mass is 10.0. The third kappa shape index (κ3) is 5.07. The van der Waals surface area contributed by atoms with Crippen molar-refractivity contribution in [2.24, 2.45) is 0 Å². The largest absolute Gasteiger partial charge is 0.480 e. The Balaban J connectivity index is 1.75. The highest BCUT2D eigenvalue weighted by molar-refractivity contribution is 7.86. The molecule has 1 aromatic carbocycles. The Labute approximate surface area is 178 Å². The molecule has 1 unspecified atom stereocenters. The van der Waals surface area contributed by atoms with Gasteiger partial charge < -0.3 is 14.7 Å². The maximum Gasteiger partial charge on any atom is 0.327 e. The zero-order chi connectivity index (χ0) is 21.7. The van der Waals surface area contributed by atoms with Crippen LogP contribution in [0.25, 0.3) is 0 Å². The molecule has 0 spiro atoms. The second-order valence-corrected chi connectivity index (χ2v) is 9.22. The maximum absolute atomic E-state index is 13.2. The molecule has 0 aliphatic carbocycles. The summed E-state index contributed by atoms with van der Waals surface area (Å²) in [5, 5.41) is 12.0. The fraction of sp³-hybridized carbons (Fsp3) is 0.571. The van der Waals surface area contributed by atoms with Crippen LogP contribution in [0.5, 0.6) is 0 Å². The van der Waals surface area contributed by atoms with Crippen molar-refractivity contribution >= 4 is 28.6 Å². The second-order valence-electron chi connectivity index (χ2n) is 7.58. The average Bonchev–Trinajstić information content (AvgIpc) is 2.97. The van der Waals surface area contributed by atoms with Crippen LogP contribution < -0.4 is 5.32 Å². The molecule has 0 radical (unpaired) electrons. The molecule has 3 rings (SSSR count). The minimum absolute atomic E-state index is 0.0478. The normalized spacial score (nSPS) is 27.2. The van der Waals surface area contributed by atoms with E-state index < -0.39 is 52.1 Å². The number of nitrogens with one attached hydrogen (secondary N) is 1. The lowest BCUT2D eigenvalue weighted by molar-refractivity contribution is -0.151. The first-order valence-corrected chi connectivity index (χ1v) is 11.7. The number of carbonyl (C=O) groups excluding carboxylic acids is 2. The first kappa shape index (κ1) is 22.4. The molecule has 164 valence electrons. The van der Waals surface area contributed by atoms with E-state index in [1.165, 1.54) is 4.90 Å². The number of nitrogens with zero attached hydrogens (tertiary/aromatic N) is 1. The first-order chi connectivity index (χ1) is 14.4. The van der Waals surface area contributed by atoms with Crippen molar-refractivity contribution in [3.05, 3.63) is 35.9 Å². The summed E-state index contributed by atoms with van der Waals surface area (Å²) in [6.45, 7) is 1.96. The number of fused-ring (bicyclic) bond motifs is 1. The third-order valence-corrected chi connectivity index (χ3v) is 7.31. The van der Waals surface area contributed by atoms with Crippen molar-refractivity contribution in [2.45, 2.75) is 62.5 Å². The molecule has 8 nitrogen and oxygen atoms in total. The summed E-state index contributed by atoms with van der Waals surface area (Å²) in [7, 11) is -1.38. The molecule has 2 heterocycles. The Hall–Kier alpha value is -2.26. The highest BCUT2D eigenvalue weighted by Gasteiger charge is 2.49. The van der Waals surface area contributed by atoms with Crippen LogP contribution in [-0.4, -0.2) is 67.9 Å². The number of hydrogen-bond donors (Lipinski definition) is 2. The molecule has 2 aliphatic rings. The molecular weight excluding hydrogens is 408 g/mol.